The number of ether oxygens (including phenoxy) is 3. The summed E-state index contributed by atoms with van der Waals surface area (Å²) >= 11 is 0. The van der Waals surface area contributed by atoms with Crippen LogP contribution in [0.4, 0.5) is 4.39 Å². The smallest absolute Gasteiger partial charge is 0.251 e. The molecule has 1 atom stereocenters. The fourth-order valence-corrected chi connectivity index (χ4v) is 3.30. The van der Waals surface area contributed by atoms with E-state index >= 15 is 0 Å². The number of methoxy groups -OCH3 is 2. The Balaban J connectivity index is 1.73. The van der Waals surface area contributed by atoms with Crippen molar-refractivity contribution in [3.05, 3.63) is 59.4 Å². The van der Waals surface area contributed by atoms with Crippen molar-refractivity contribution >= 4 is 5.91 Å². The summed E-state index contributed by atoms with van der Waals surface area (Å²) in [5, 5.41) is 2.99. The minimum absolute atomic E-state index is 0.0615. The number of carbonyl (C=O) groups is 1. The van der Waals surface area contributed by atoms with Crippen molar-refractivity contribution in [1.82, 2.24) is 10.2 Å². The minimum atomic E-state index is -0.279. The van der Waals surface area contributed by atoms with Crippen LogP contribution in [0.5, 0.6) is 11.5 Å². The second kappa shape index (κ2) is 9.52. The van der Waals surface area contributed by atoms with Gasteiger partial charge in [-0.15, -0.1) is 0 Å². The highest BCUT2D eigenvalue weighted by Gasteiger charge is 2.23. The van der Waals surface area contributed by atoms with Gasteiger partial charge in [-0.05, 0) is 35.9 Å². The summed E-state index contributed by atoms with van der Waals surface area (Å²) < 4.78 is 29.2. The van der Waals surface area contributed by atoms with Gasteiger partial charge in [0.05, 0.1) is 33.5 Å². The van der Waals surface area contributed by atoms with Gasteiger partial charge < -0.3 is 19.5 Å². The molecular weight excluding hydrogens is 363 g/mol. The van der Waals surface area contributed by atoms with Gasteiger partial charge in [-0.2, -0.15) is 0 Å². The lowest BCUT2D eigenvalue weighted by Gasteiger charge is -2.35. The molecule has 1 saturated heterocycles. The zero-order valence-electron chi connectivity index (χ0n) is 16.1. The molecule has 0 spiro atoms. The van der Waals surface area contributed by atoms with E-state index in [0.29, 0.717) is 36.8 Å². The van der Waals surface area contributed by atoms with E-state index in [1.165, 1.54) is 19.2 Å². The van der Waals surface area contributed by atoms with Crippen LogP contribution in [0.3, 0.4) is 0 Å². The molecule has 1 fully saturated rings. The van der Waals surface area contributed by atoms with Crippen molar-refractivity contribution in [2.75, 3.05) is 47.1 Å². The number of carbonyl (C=O) groups excluding carboxylic acids is 1. The van der Waals surface area contributed by atoms with Crippen molar-refractivity contribution in [3.8, 4) is 11.5 Å². The fraction of sp³-hybridized carbons (Fsp3) is 0.381. The zero-order valence-corrected chi connectivity index (χ0v) is 16.1. The molecule has 0 aromatic heterocycles. The van der Waals surface area contributed by atoms with E-state index in [9.17, 15) is 9.18 Å². The summed E-state index contributed by atoms with van der Waals surface area (Å²) in [6, 6.07) is 11.4. The number of rotatable bonds is 7. The Morgan fingerprint density at radius 2 is 1.79 bits per heavy atom. The van der Waals surface area contributed by atoms with E-state index in [1.54, 1.807) is 37.4 Å². The number of amides is 1. The Bertz CT molecular complexity index is 791. The second-order valence-electron chi connectivity index (χ2n) is 6.50. The Kier molecular flexibility index (Phi) is 6.84. The zero-order chi connectivity index (χ0) is 19.9. The summed E-state index contributed by atoms with van der Waals surface area (Å²) in [6.45, 7) is 3.20. The number of nitrogens with zero attached hydrogens (tertiary/aromatic N) is 1. The summed E-state index contributed by atoms with van der Waals surface area (Å²) in [5.41, 5.74) is 1.44. The van der Waals surface area contributed by atoms with Crippen molar-refractivity contribution in [3.63, 3.8) is 0 Å². The van der Waals surface area contributed by atoms with E-state index in [2.05, 4.69) is 10.2 Å². The van der Waals surface area contributed by atoms with Gasteiger partial charge in [0, 0.05) is 25.2 Å². The van der Waals surface area contributed by atoms with Gasteiger partial charge in [0.15, 0.2) is 11.5 Å². The molecule has 0 bridgehead atoms. The average Bonchev–Trinajstić information content (AvgIpc) is 2.75. The number of benzene rings is 2. The largest absolute Gasteiger partial charge is 0.493 e. The number of morpholine rings is 1. The first kappa shape index (κ1) is 20.1. The number of nitrogens with one attached hydrogen (secondary N) is 1. The molecule has 28 heavy (non-hydrogen) atoms. The molecule has 7 heteroatoms. The third kappa shape index (κ3) is 4.79. The van der Waals surface area contributed by atoms with Gasteiger partial charge in [0.25, 0.3) is 5.91 Å². The molecule has 3 rings (SSSR count). The van der Waals surface area contributed by atoms with Crippen LogP contribution in [0.1, 0.15) is 22.0 Å². The van der Waals surface area contributed by atoms with Crippen molar-refractivity contribution in [2.45, 2.75) is 6.04 Å². The topological polar surface area (TPSA) is 60.0 Å². The van der Waals surface area contributed by atoms with Gasteiger partial charge in [-0.1, -0.05) is 12.1 Å². The van der Waals surface area contributed by atoms with E-state index in [-0.39, 0.29) is 17.8 Å². The monoisotopic (exact) mass is 388 g/mol. The Hall–Kier alpha value is -2.64. The van der Waals surface area contributed by atoms with Crippen LogP contribution in [0.25, 0.3) is 0 Å². The maximum absolute atomic E-state index is 13.3. The van der Waals surface area contributed by atoms with Gasteiger partial charge in [-0.3, -0.25) is 9.69 Å². The lowest BCUT2D eigenvalue weighted by atomic mass is 10.0. The molecule has 1 amide bonds. The Morgan fingerprint density at radius 3 is 2.43 bits per heavy atom. The average molecular weight is 388 g/mol. The van der Waals surface area contributed by atoms with Gasteiger partial charge in [0.1, 0.15) is 5.82 Å². The molecule has 0 saturated carbocycles. The van der Waals surface area contributed by atoms with Crippen LogP contribution in [-0.4, -0.2) is 57.9 Å². The third-order valence-electron chi connectivity index (χ3n) is 4.84. The van der Waals surface area contributed by atoms with E-state index < -0.39 is 0 Å². The maximum Gasteiger partial charge on any atom is 0.251 e. The number of halogens is 1. The highest BCUT2D eigenvalue weighted by Crippen LogP contribution is 2.28. The Morgan fingerprint density at radius 1 is 1.11 bits per heavy atom. The molecule has 0 radical (unpaired) electrons. The molecular formula is C21H25FN2O4. The maximum atomic E-state index is 13.3. The second-order valence-corrected chi connectivity index (χ2v) is 6.50. The van der Waals surface area contributed by atoms with Crippen LogP contribution in [-0.2, 0) is 4.74 Å². The van der Waals surface area contributed by atoms with E-state index in [4.69, 9.17) is 14.2 Å². The van der Waals surface area contributed by atoms with Gasteiger partial charge in [0.2, 0.25) is 0 Å². The summed E-state index contributed by atoms with van der Waals surface area (Å²) in [5.74, 6) is 0.579. The summed E-state index contributed by atoms with van der Waals surface area (Å²) in [6.07, 6.45) is 0. The van der Waals surface area contributed by atoms with Crippen molar-refractivity contribution < 1.29 is 23.4 Å². The first-order valence-electron chi connectivity index (χ1n) is 9.20. The standard InChI is InChI=1S/C21H25FN2O4/c1-26-19-8-5-16(13-20(19)27-2)21(25)23-14-18(24-9-11-28-12-10-24)15-3-6-17(22)7-4-15/h3-8,13,18H,9-12,14H2,1-2H3,(H,23,25)/t18-/m1/s1. The lowest BCUT2D eigenvalue weighted by molar-refractivity contribution is 0.0162. The minimum Gasteiger partial charge on any atom is -0.493 e. The summed E-state index contributed by atoms with van der Waals surface area (Å²) in [7, 11) is 3.08. The van der Waals surface area contributed by atoms with Crippen LogP contribution in [0, 0.1) is 5.82 Å². The van der Waals surface area contributed by atoms with E-state index in [1.807, 2.05) is 0 Å². The number of hydrogen-bond donors (Lipinski definition) is 1. The van der Waals surface area contributed by atoms with Crippen LogP contribution >= 0.6 is 0 Å². The molecule has 150 valence electrons. The molecule has 0 aliphatic carbocycles. The van der Waals surface area contributed by atoms with Crippen LogP contribution in [0.15, 0.2) is 42.5 Å². The van der Waals surface area contributed by atoms with Crippen molar-refractivity contribution in [2.24, 2.45) is 0 Å². The fourth-order valence-electron chi connectivity index (χ4n) is 3.30. The van der Waals surface area contributed by atoms with Crippen molar-refractivity contribution in [1.29, 1.82) is 0 Å². The van der Waals surface area contributed by atoms with Crippen LogP contribution in [0.2, 0.25) is 0 Å². The highest BCUT2D eigenvalue weighted by atomic mass is 19.1. The molecule has 1 aliphatic rings. The first-order valence-corrected chi connectivity index (χ1v) is 9.20. The predicted octanol–water partition coefficient (Wildman–Crippen LogP) is 2.65. The van der Waals surface area contributed by atoms with Crippen LogP contribution < -0.4 is 14.8 Å². The molecule has 2 aromatic carbocycles. The quantitative estimate of drug-likeness (QED) is 0.790. The lowest BCUT2D eigenvalue weighted by Crippen LogP contribution is -2.43. The van der Waals surface area contributed by atoms with Gasteiger partial charge >= 0.3 is 0 Å². The molecule has 6 nitrogen and oxygen atoms in total. The third-order valence-corrected chi connectivity index (χ3v) is 4.84. The molecule has 1 N–H and O–H groups in total. The summed E-state index contributed by atoms with van der Waals surface area (Å²) in [4.78, 5) is 14.9. The number of hydrogen-bond acceptors (Lipinski definition) is 5. The highest BCUT2D eigenvalue weighted by molar-refractivity contribution is 5.94. The van der Waals surface area contributed by atoms with Gasteiger partial charge in [-0.25, -0.2) is 4.39 Å². The molecule has 1 aliphatic heterocycles. The SMILES string of the molecule is COc1ccc(C(=O)NC[C@H](c2ccc(F)cc2)N2CCOCC2)cc1OC. The molecule has 1 heterocycles. The molecule has 0 unspecified atom stereocenters. The Labute approximate surface area is 164 Å². The first-order chi connectivity index (χ1) is 13.6. The normalized spacial score (nSPS) is 15.7. The molecule has 2 aromatic rings. The van der Waals surface area contributed by atoms with E-state index in [0.717, 1.165) is 18.7 Å². The predicted molar refractivity (Wildman–Crippen MR) is 103 cm³/mol.